The highest BCUT2D eigenvalue weighted by molar-refractivity contribution is 9.10. The van der Waals surface area contributed by atoms with Crippen molar-refractivity contribution in [1.29, 1.82) is 0 Å². The average molecular weight is 473 g/mol. The lowest BCUT2D eigenvalue weighted by atomic mass is 9.91. The number of aryl methyl sites for hydroxylation is 1. The van der Waals surface area contributed by atoms with Gasteiger partial charge in [-0.25, -0.2) is 4.98 Å². The van der Waals surface area contributed by atoms with Crippen molar-refractivity contribution in [3.63, 3.8) is 0 Å². The first-order valence-corrected chi connectivity index (χ1v) is 11.5. The van der Waals surface area contributed by atoms with Gasteiger partial charge in [0.25, 0.3) is 5.91 Å². The van der Waals surface area contributed by atoms with Crippen LogP contribution in [0.4, 0.5) is 11.8 Å². The minimum Gasteiger partial charge on any atom is -0.362 e. The molecule has 0 unspecified atom stereocenters. The third kappa shape index (κ3) is 4.91. The minimum atomic E-state index is -0.0612. The normalized spacial score (nSPS) is 20.9. The van der Waals surface area contributed by atoms with Crippen molar-refractivity contribution >= 4 is 33.6 Å². The smallest absolute Gasteiger partial charge is 0.253 e. The summed E-state index contributed by atoms with van der Waals surface area (Å²) < 4.78 is 0.810. The number of rotatable bonds is 5. The molecule has 0 aromatic carbocycles. The standard InChI is InChI=1S/C22H29BrN6O/c1-29(2)20-18-5-3-4-6-19(18)27-22(28-20)26-17-9-7-16(8-10-17)25-21(30)14-11-15(23)13-24-12-14/h11-13,16-17H,3-10H2,1-2H3,(H,25,30)(H,26,27,28)/t16-,17+. The summed E-state index contributed by atoms with van der Waals surface area (Å²) in [5.41, 5.74) is 3.10. The number of carbonyl (C=O) groups excluding carboxylic acids is 1. The van der Waals surface area contributed by atoms with Gasteiger partial charge in [0.15, 0.2) is 0 Å². The molecule has 2 aliphatic rings. The molecule has 7 nitrogen and oxygen atoms in total. The largest absolute Gasteiger partial charge is 0.362 e. The van der Waals surface area contributed by atoms with Crippen LogP contribution in [0.5, 0.6) is 0 Å². The van der Waals surface area contributed by atoms with Gasteiger partial charge < -0.3 is 15.5 Å². The number of hydrogen-bond donors (Lipinski definition) is 2. The highest BCUT2D eigenvalue weighted by Crippen LogP contribution is 2.29. The molecule has 0 radical (unpaired) electrons. The summed E-state index contributed by atoms with van der Waals surface area (Å²) >= 11 is 3.37. The topological polar surface area (TPSA) is 83.0 Å². The fourth-order valence-corrected chi connectivity index (χ4v) is 4.74. The summed E-state index contributed by atoms with van der Waals surface area (Å²) in [6, 6.07) is 2.32. The molecule has 2 aliphatic carbocycles. The molecular weight excluding hydrogens is 444 g/mol. The maximum atomic E-state index is 12.5. The highest BCUT2D eigenvalue weighted by atomic mass is 79.9. The van der Waals surface area contributed by atoms with E-state index in [9.17, 15) is 4.79 Å². The second kappa shape index (κ2) is 9.29. The lowest BCUT2D eigenvalue weighted by Gasteiger charge is -2.30. The Bertz CT molecular complexity index is 910. The molecule has 1 fully saturated rings. The molecule has 0 atom stereocenters. The number of hydrogen-bond acceptors (Lipinski definition) is 6. The molecule has 1 amide bonds. The van der Waals surface area contributed by atoms with Crippen LogP contribution in [0.2, 0.25) is 0 Å². The molecule has 0 spiro atoms. The zero-order chi connectivity index (χ0) is 21.1. The van der Waals surface area contributed by atoms with Crippen molar-refractivity contribution in [2.75, 3.05) is 24.3 Å². The average Bonchev–Trinajstić information content (AvgIpc) is 2.74. The van der Waals surface area contributed by atoms with Crippen LogP contribution in [0.25, 0.3) is 0 Å². The van der Waals surface area contributed by atoms with Gasteiger partial charge >= 0.3 is 0 Å². The lowest BCUT2D eigenvalue weighted by molar-refractivity contribution is 0.0926. The van der Waals surface area contributed by atoms with Crippen molar-refractivity contribution in [2.24, 2.45) is 0 Å². The van der Waals surface area contributed by atoms with E-state index in [1.54, 1.807) is 18.5 Å². The fraction of sp³-hybridized carbons (Fsp3) is 0.545. The molecule has 0 aliphatic heterocycles. The molecule has 8 heteroatoms. The van der Waals surface area contributed by atoms with Gasteiger partial charge in [-0.2, -0.15) is 4.98 Å². The maximum absolute atomic E-state index is 12.5. The zero-order valence-corrected chi connectivity index (χ0v) is 19.2. The number of carbonyl (C=O) groups is 1. The Morgan fingerprint density at radius 2 is 1.80 bits per heavy atom. The lowest BCUT2D eigenvalue weighted by Crippen LogP contribution is -2.40. The summed E-state index contributed by atoms with van der Waals surface area (Å²) in [6.45, 7) is 0. The van der Waals surface area contributed by atoms with Crippen molar-refractivity contribution in [3.8, 4) is 0 Å². The molecule has 1 saturated carbocycles. The van der Waals surface area contributed by atoms with Crippen LogP contribution in [0.1, 0.15) is 60.1 Å². The van der Waals surface area contributed by atoms with Crippen molar-refractivity contribution in [1.82, 2.24) is 20.3 Å². The van der Waals surface area contributed by atoms with E-state index in [4.69, 9.17) is 9.97 Å². The number of nitrogens with one attached hydrogen (secondary N) is 2. The van der Waals surface area contributed by atoms with Crippen LogP contribution in [0, 0.1) is 0 Å². The molecule has 4 rings (SSSR count). The molecule has 0 bridgehead atoms. The van der Waals surface area contributed by atoms with Crippen LogP contribution >= 0.6 is 15.9 Å². The van der Waals surface area contributed by atoms with Crippen molar-refractivity contribution < 1.29 is 4.79 Å². The van der Waals surface area contributed by atoms with Gasteiger partial charge in [0, 0.05) is 48.6 Å². The van der Waals surface area contributed by atoms with Gasteiger partial charge in [-0.1, -0.05) is 0 Å². The van der Waals surface area contributed by atoms with Crippen molar-refractivity contribution in [3.05, 3.63) is 39.8 Å². The predicted molar refractivity (Wildman–Crippen MR) is 122 cm³/mol. The number of nitrogens with zero attached hydrogens (tertiary/aromatic N) is 4. The number of aromatic nitrogens is 3. The van der Waals surface area contributed by atoms with Crippen LogP contribution in [0.15, 0.2) is 22.9 Å². The van der Waals surface area contributed by atoms with Crippen LogP contribution < -0.4 is 15.5 Å². The quantitative estimate of drug-likeness (QED) is 0.689. The minimum absolute atomic E-state index is 0.0612. The molecule has 30 heavy (non-hydrogen) atoms. The van der Waals surface area contributed by atoms with E-state index < -0.39 is 0 Å². The summed E-state index contributed by atoms with van der Waals surface area (Å²) in [5, 5.41) is 6.71. The second-order valence-corrected chi connectivity index (χ2v) is 9.37. The van der Waals surface area contributed by atoms with E-state index in [0.29, 0.717) is 11.6 Å². The number of pyridine rings is 1. The molecule has 2 aromatic heterocycles. The van der Waals surface area contributed by atoms with E-state index in [-0.39, 0.29) is 11.9 Å². The summed E-state index contributed by atoms with van der Waals surface area (Å²) in [5.74, 6) is 1.73. The first-order valence-electron chi connectivity index (χ1n) is 10.7. The monoisotopic (exact) mass is 472 g/mol. The Morgan fingerprint density at radius 3 is 2.53 bits per heavy atom. The molecule has 0 saturated heterocycles. The van der Waals surface area contributed by atoms with Crippen molar-refractivity contribution in [2.45, 2.75) is 63.5 Å². The summed E-state index contributed by atoms with van der Waals surface area (Å²) in [6.07, 6.45) is 11.7. The SMILES string of the molecule is CN(C)c1nc(N[C@H]2CC[C@@H](NC(=O)c3cncc(Br)c3)CC2)nc2c1CCCC2. The van der Waals surface area contributed by atoms with Gasteiger partial charge in [-0.15, -0.1) is 0 Å². The van der Waals surface area contributed by atoms with E-state index in [0.717, 1.165) is 54.8 Å². The number of halogens is 1. The van der Waals surface area contributed by atoms with Crippen LogP contribution in [-0.4, -0.2) is 47.0 Å². The Hall–Kier alpha value is -2.22. The number of fused-ring (bicyclic) bond motifs is 1. The van der Waals surface area contributed by atoms with Crippen LogP contribution in [0.3, 0.4) is 0 Å². The predicted octanol–water partition coefficient (Wildman–Crippen LogP) is 3.73. The van der Waals surface area contributed by atoms with Gasteiger partial charge in [-0.05, 0) is 73.4 Å². The molecule has 2 N–H and O–H groups in total. The first kappa shape index (κ1) is 21.0. The first-order chi connectivity index (χ1) is 14.5. The van der Waals surface area contributed by atoms with Gasteiger partial charge in [0.05, 0.1) is 11.3 Å². The Morgan fingerprint density at radius 1 is 1.07 bits per heavy atom. The van der Waals surface area contributed by atoms with Crippen LogP contribution in [-0.2, 0) is 12.8 Å². The van der Waals surface area contributed by atoms with Gasteiger partial charge in [-0.3, -0.25) is 9.78 Å². The molecule has 2 heterocycles. The Labute approximate surface area is 186 Å². The maximum Gasteiger partial charge on any atom is 0.253 e. The summed E-state index contributed by atoms with van der Waals surface area (Å²) in [4.78, 5) is 28.3. The molecule has 160 valence electrons. The number of amides is 1. The number of anilines is 2. The fourth-order valence-electron chi connectivity index (χ4n) is 4.38. The van der Waals surface area contributed by atoms with Gasteiger partial charge in [0.2, 0.25) is 5.95 Å². The third-order valence-corrected chi connectivity index (χ3v) is 6.38. The van der Waals surface area contributed by atoms with E-state index in [1.807, 2.05) is 0 Å². The second-order valence-electron chi connectivity index (χ2n) is 8.46. The highest BCUT2D eigenvalue weighted by Gasteiger charge is 2.25. The summed E-state index contributed by atoms with van der Waals surface area (Å²) in [7, 11) is 4.10. The van der Waals surface area contributed by atoms with E-state index >= 15 is 0 Å². The Kier molecular flexibility index (Phi) is 6.51. The molecule has 2 aromatic rings. The van der Waals surface area contributed by atoms with E-state index in [1.165, 1.54) is 24.1 Å². The Balaban J connectivity index is 1.35. The molecular formula is C22H29BrN6O. The zero-order valence-electron chi connectivity index (χ0n) is 17.6. The third-order valence-electron chi connectivity index (χ3n) is 5.95. The van der Waals surface area contributed by atoms with Gasteiger partial charge in [0.1, 0.15) is 5.82 Å². The van der Waals surface area contributed by atoms with E-state index in [2.05, 4.69) is 50.5 Å².